The lowest BCUT2D eigenvalue weighted by molar-refractivity contribution is 0.417. The van der Waals surface area contributed by atoms with Crippen molar-refractivity contribution in [3.8, 4) is 0 Å². The first-order chi connectivity index (χ1) is 5.24. The second-order valence-electron chi connectivity index (χ2n) is 2.34. The van der Waals surface area contributed by atoms with Crippen LogP contribution in [0.3, 0.4) is 0 Å². The maximum atomic E-state index is 3.73. The van der Waals surface area contributed by atoms with Crippen LogP contribution < -0.4 is 0 Å². The molecule has 0 bridgehead atoms. The van der Waals surface area contributed by atoms with Crippen LogP contribution in [0.2, 0.25) is 0 Å². The Kier molecular flexibility index (Phi) is 6.37. The van der Waals surface area contributed by atoms with E-state index in [2.05, 4.69) is 31.5 Å². The third-order valence-electron chi connectivity index (χ3n) is 1.48. The summed E-state index contributed by atoms with van der Waals surface area (Å²) in [7, 11) is 2.11. The molecule has 0 spiro atoms. The third-order valence-corrected chi connectivity index (χ3v) is 2.78. The lowest BCUT2D eigenvalue weighted by atomic mass is 10.5. The summed E-state index contributed by atoms with van der Waals surface area (Å²) < 4.78 is 0. The summed E-state index contributed by atoms with van der Waals surface area (Å²) in [5.41, 5.74) is 0. The first-order valence-corrected chi connectivity index (χ1v) is 4.83. The molecule has 0 aromatic carbocycles. The number of rotatable bonds is 5. The first kappa shape index (κ1) is 10.8. The van der Waals surface area contributed by atoms with E-state index in [9.17, 15) is 0 Å². The summed E-state index contributed by atoms with van der Waals surface area (Å²) in [5, 5.41) is 0. The number of thioether (sulfide) groups is 1. The zero-order chi connectivity index (χ0) is 8.69. The van der Waals surface area contributed by atoms with Crippen LogP contribution in [0, 0.1) is 0 Å². The monoisotopic (exact) mass is 171 g/mol. The van der Waals surface area contributed by atoms with Crippen LogP contribution in [0.25, 0.3) is 0 Å². The van der Waals surface area contributed by atoms with Gasteiger partial charge >= 0.3 is 0 Å². The molecule has 0 aromatic rings. The number of nitrogens with zero attached hydrogens (tertiary/aromatic N) is 1. The van der Waals surface area contributed by atoms with Gasteiger partial charge in [-0.1, -0.05) is 25.7 Å². The van der Waals surface area contributed by atoms with Gasteiger partial charge < -0.3 is 0 Å². The van der Waals surface area contributed by atoms with Crippen molar-refractivity contribution in [2.45, 2.75) is 13.8 Å². The molecule has 0 aliphatic carbocycles. The van der Waals surface area contributed by atoms with Crippen molar-refractivity contribution in [1.29, 1.82) is 0 Å². The van der Waals surface area contributed by atoms with Crippen LogP contribution in [0.5, 0.6) is 0 Å². The van der Waals surface area contributed by atoms with E-state index >= 15 is 0 Å². The van der Waals surface area contributed by atoms with E-state index in [4.69, 9.17) is 0 Å². The Balaban J connectivity index is 3.59. The second kappa shape index (κ2) is 6.50. The van der Waals surface area contributed by atoms with E-state index < -0.39 is 0 Å². The van der Waals surface area contributed by atoms with Crippen molar-refractivity contribution in [3.05, 3.63) is 23.6 Å². The molecule has 1 nitrogen and oxygen atoms in total. The fourth-order valence-corrected chi connectivity index (χ4v) is 1.37. The van der Waals surface area contributed by atoms with E-state index in [0.29, 0.717) is 0 Å². The Bertz CT molecular complexity index is 140. The van der Waals surface area contributed by atoms with Crippen molar-refractivity contribution in [2.75, 3.05) is 19.5 Å². The normalized spacial score (nSPS) is 12.2. The Hall–Kier alpha value is -0.210. The molecular formula is C9H17NS. The third kappa shape index (κ3) is 5.10. The van der Waals surface area contributed by atoms with E-state index in [0.717, 1.165) is 12.4 Å². The second-order valence-corrected chi connectivity index (χ2v) is 3.36. The van der Waals surface area contributed by atoms with Crippen LogP contribution >= 0.6 is 11.8 Å². The van der Waals surface area contributed by atoms with Crippen LogP contribution in [-0.2, 0) is 0 Å². The van der Waals surface area contributed by atoms with Gasteiger partial charge in [0, 0.05) is 10.8 Å². The minimum absolute atomic E-state index is 1.04. The SMILES string of the molecule is C=CC(=CC)SCN(C)CC. The van der Waals surface area contributed by atoms with Crippen molar-refractivity contribution >= 4 is 11.8 Å². The number of hydrogen-bond acceptors (Lipinski definition) is 2. The van der Waals surface area contributed by atoms with Gasteiger partial charge in [0.05, 0.1) is 0 Å². The molecular weight excluding hydrogens is 154 g/mol. The molecule has 0 fully saturated rings. The molecule has 0 amide bonds. The molecule has 0 saturated heterocycles. The molecule has 0 N–H and O–H groups in total. The number of hydrogen-bond donors (Lipinski definition) is 0. The highest BCUT2D eigenvalue weighted by Crippen LogP contribution is 2.16. The Morgan fingerprint density at radius 2 is 2.27 bits per heavy atom. The quantitative estimate of drug-likeness (QED) is 0.462. The average molecular weight is 171 g/mol. The van der Waals surface area contributed by atoms with Gasteiger partial charge in [0.15, 0.2) is 0 Å². The molecule has 64 valence electrons. The van der Waals surface area contributed by atoms with Crippen LogP contribution in [0.1, 0.15) is 13.8 Å². The maximum absolute atomic E-state index is 3.73. The molecule has 0 aromatic heterocycles. The summed E-state index contributed by atoms with van der Waals surface area (Å²) in [6.45, 7) is 9.02. The molecule has 0 saturated carbocycles. The fraction of sp³-hybridized carbons (Fsp3) is 0.556. The molecule has 11 heavy (non-hydrogen) atoms. The van der Waals surface area contributed by atoms with E-state index in [1.54, 1.807) is 0 Å². The summed E-state index contributed by atoms with van der Waals surface area (Å²) in [6.07, 6.45) is 3.98. The maximum Gasteiger partial charge on any atom is 0.0488 e. The molecule has 0 radical (unpaired) electrons. The minimum Gasteiger partial charge on any atom is -0.297 e. The zero-order valence-electron chi connectivity index (χ0n) is 7.63. The summed E-state index contributed by atoms with van der Waals surface area (Å²) in [6, 6.07) is 0. The van der Waals surface area contributed by atoms with Crippen LogP contribution in [0.4, 0.5) is 0 Å². The van der Waals surface area contributed by atoms with E-state index in [-0.39, 0.29) is 0 Å². The highest BCUT2D eigenvalue weighted by atomic mass is 32.2. The van der Waals surface area contributed by atoms with Gasteiger partial charge in [-0.3, -0.25) is 4.90 Å². The average Bonchev–Trinajstić information content (AvgIpc) is 2.06. The molecule has 0 heterocycles. The van der Waals surface area contributed by atoms with Gasteiger partial charge in [-0.25, -0.2) is 0 Å². The molecule has 0 unspecified atom stereocenters. The molecule has 2 heteroatoms. The lowest BCUT2D eigenvalue weighted by Crippen LogP contribution is -2.16. The van der Waals surface area contributed by atoms with Crippen molar-refractivity contribution < 1.29 is 0 Å². The summed E-state index contributed by atoms with van der Waals surface area (Å²) in [4.78, 5) is 3.52. The van der Waals surface area contributed by atoms with Crippen molar-refractivity contribution in [3.63, 3.8) is 0 Å². The predicted molar refractivity (Wildman–Crippen MR) is 54.7 cm³/mol. The van der Waals surface area contributed by atoms with E-state index in [1.165, 1.54) is 4.91 Å². The van der Waals surface area contributed by atoms with Gasteiger partial charge in [-0.05, 0) is 20.5 Å². The largest absolute Gasteiger partial charge is 0.297 e. The summed E-state index contributed by atoms with van der Waals surface area (Å²) in [5.74, 6) is 1.04. The zero-order valence-corrected chi connectivity index (χ0v) is 8.45. The standard InChI is InChI=1S/C9H17NS/c1-5-9(6-2)11-8-10(4)7-3/h5-6H,1,7-8H2,2-4H3. The van der Waals surface area contributed by atoms with Gasteiger partial charge in [0.1, 0.15) is 0 Å². The summed E-state index contributed by atoms with van der Waals surface area (Å²) >= 11 is 1.82. The van der Waals surface area contributed by atoms with Gasteiger partial charge in [-0.15, -0.1) is 11.8 Å². The van der Waals surface area contributed by atoms with Gasteiger partial charge in [0.2, 0.25) is 0 Å². The fourth-order valence-electron chi connectivity index (χ4n) is 0.536. The Morgan fingerprint density at radius 3 is 2.64 bits per heavy atom. The van der Waals surface area contributed by atoms with Crippen molar-refractivity contribution in [2.24, 2.45) is 0 Å². The van der Waals surface area contributed by atoms with Crippen LogP contribution in [0.15, 0.2) is 23.6 Å². The van der Waals surface area contributed by atoms with Crippen LogP contribution in [-0.4, -0.2) is 24.4 Å². The number of allylic oxidation sites excluding steroid dienone is 2. The van der Waals surface area contributed by atoms with E-state index in [1.807, 2.05) is 24.8 Å². The van der Waals surface area contributed by atoms with Crippen molar-refractivity contribution in [1.82, 2.24) is 4.90 Å². The highest BCUT2D eigenvalue weighted by Gasteiger charge is 1.95. The van der Waals surface area contributed by atoms with Gasteiger partial charge in [0.25, 0.3) is 0 Å². The molecule has 0 aliphatic heterocycles. The molecule has 0 rings (SSSR count). The van der Waals surface area contributed by atoms with Gasteiger partial charge in [-0.2, -0.15) is 0 Å². The predicted octanol–water partition coefficient (Wildman–Crippen LogP) is 2.72. The molecule has 0 atom stereocenters. The Morgan fingerprint density at radius 1 is 1.64 bits per heavy atom. The highest BCUT2D eigenvalue weighted by molar-refractivity contribution is 8.03. The topological polar surface area (TPSA) is 3.24 Å². The minimum atomic E-state index is 1.04. The molecule has 0 aliphatic rings. The smallest absolute Gasteiger partial charge is 0.0488 e. The first-order valence-electron chi connectivity index (χ1n) is 3.84. The Labute approximate surface area is 74.2 Å². The lowest BCUT2D eigenvalue weighted by Gasteiger charge is -2.12.